The first-order valence-electron chi connectivity index (χ1n) is 10.2. The molecule has 2 aromatic carbocycles. The van der Waals surface area contributed by atoms with E-state index in [1.54, 1.807) is 25.2 Å². The van der Waals surface area contributed by atoms with Crippen LogP contribution in [0, 0.1) is 20.8 Å². The lowest BCUT2D eigenvalue weighted by molar-refractivity contribution is -0.153. The number of benzene rings is 2. The maximum atomic E-state index is 12.5. The van der Waals surface area contributed by atoms with Crippen molar-refractivity contribution in [2.45, 2.75) is 46.6 Å². The van der Waals surface area contributed by atoms with Gasteiger partial charge in [-0.1, -0.05) is 29.8 Å². The van der Waals surface area contributed by atoms with Crippen molar-refractivity contribution < 1.29 is 14.3 Å². The molecule has 1 atom stereocenters. The predicted octanol–water partition coefficient (Wildman–Crippen LogP) is 3.36. The zero-order valence-electron chi connectivity index (χ0n) is 18.5. The molecule has 0 aliphatic rings. The van der Waals surface area contributed by atoms with E-state index >= 15 is 0 Å². The second-order valence-corrected chi connectivity index (χ2v) is 7.80. The minimum atomic E-state index is -0.944. The van der Waals surface area contributed by atoms with Gasteiger partial charge in [-0.25, -0.2) is 4.98 Å². The molecule has 0 radical (unpaired) electrons. The molecule has 1 unspecified atom stereocenters. The van der Waals surface area contributed by atoms with Crippen LogP contribution in [0.15, 0.2) is 41.2 Å². The molecule has 0 fully saturated rings. The zero-order chi connectivity index (χ0) is 22.7. The molecule has 7 nitrogen and oxygen atoms in total. The first-order valence-corrected chi connectivity index (χ1v) is 10.2. The number of nitrogens with one attached hydrogen (secondary N) is 1. The quantitative estimate of drug-likeness (QED) is 0.617. The number of nitrogens with zero attached hydrogens (tertiary/aromatic N) is 2. The van der Waals surface area contributed by atoms with E-state index in [4.69, 9.17) is 4.74 Å². The fourth-order valence-corrected chi connectivity index (χ4v) is 3.61. The molecule has 0 bridgehead atoms. The number of hydrogen-bond donors (Lipinski definition) is 1. The average Bonchev–Trinajstić information content (AvgIpc) is 2.72. The Kier molecular flexibility index (Phi) is 6.53. The number of anilines is 1. The van der Waals surface area contributed by atoms with Gasteiger partial charge in [0.1, 0.15) is 5.82 Å². The Hall–Kier alpha value is -3.48. The van der Waals surface area contributed by atoms with E-state index in [1.165, 1.54) is 11.5 Å². The van der Waals surface area contributed by atoms with Crippen molar-refractivity contribution in [3.8, 4) is 0 Å². The Balaban J connectivity index is 1.62. The van der Waals surface area contributed by atoms with E-state index in [-0.39, 0.29) is 24.3 Å². The third kappa shape index (κ3) is 4.99. The SMILES string of the molecule is Cc1cc(C)c(NC(=O)C(C)OC(=O)CCc2nc3ccccc3c(=O)n2C)c(C)c1. The molecule has 1 aromatic heterocycles. The molecule has 1 amide bonds. The van der Waals surface area contributed by atoms with E-state index in [2.05, 4.69) is 10.3 Å². The van der Waals surface area contributed by atoms with Crippen LogP contribution in [0.4, 0.5) is 5.69 Å². The van der Waals surface area contributed by atoms with Crippen LogP contribution >= 0.6 is 0 Å². The number of rotatable bonds is 6. The Morgan fingerprint density at radius 1 is 1.13 bits per heavy atom. The van der Waals surface area contributed by atoms with E-state index in [0.717, 1.165) is 22.4 Å². The molecule has 0 spiro atoms. The first kappa shape index (κ1) is 22.2. The van der Waals surface area contributed by atoms with Crippen molar-refractivity contribution in [2.75, 3.05) is 5.32 Å². The number of esters is 1. The molecule has 0 saturated heterocycles. The number of carbonyl (C=O) groups is 2. The summed E-state index contributed by atoms with van der Waals surface area (Å²) in [5.74, 6) is -0.425. The summed E-state index contributed by atoms with van der Waals surface area (Å²) in [6, 6.07) is 11.1. The maximum absolute atomic E-state index is 12.5. The number of para-hydroxylation sites is 1. The van der Waals surface area contributed by atoms with Gasteiger partial charge in [0, 0.05) is 19.2 Å². The van der Waals surface area contributed by atoms with Gasteiger partial charge in [-0.3, -0.25) is 19.0 Å². The highest BCUT2D eigenvalue weighted by Crippen LogP contribution is 2.22. The Bertz CT molecular complexity index is 1190. The predicted molar refractivity (Wildman–Crippen MR) is 120 cm³/mol. The van der Waals surface area contributed by atoms with E-state index < -0.39 is 12.1 Å². The van der Waals surface area contributed by atoms with Crippen LogP contribution in [-0.2, 0) is 27.8 Å². The second kappa shape index (κ2) is 9.12. The summed E-state index contributed by atoms with van der Waals surface area (Å²) in [7, 11) is 1.63. The number of hydrogen-bond acceptors (Lipinski definition) is 5. The number of ether oxygens (including phenoxy) is 1. The number of fused-ring (bicyclic) bond motifs is 1. The highest BCUT2D eigenvalue weighted by molar-refractivity contribution is 5.96. The Labute approximate surface area is 181 Å². The van der Waals surface area contributed by atoms with Crippen LogP contribution < -0.4 is 10.9 Å². The molecule has 31 heavy (non-hydrogen) atoms. The summed E-state index contributed by atoms with van der Waals surface area (Å²) >= 11 is 0. The number of aryl methyl sites for hydroxylation is 4. The van der Waals surface area contributed by atoms with Gasteiger partial charge < -0.3 is 10.1 Å². The number of amides is 1. The molecule has 1 heterocycles. The van der Waals surface area contributed by atoms with Crippen LogP contribution in [0.1, 0.15) is 35.9 Å². The van der Waals surface area contributed by atoms with E-state index in [1.807, 2.05) is 39.0 Å². The van der Waals surface area contributed by atoms with Crippen molar-refractivity contribution in [1.29, 1.82) is 0 Å². The number of carbonyl (C=O) groups excluding carboxylic acids is 2. The minimum Gasteiger partial charge on any atom is -0.453 e. The molecular formula is C24H27N3O4. The lowest BCUT2D eigenvalue weighted by atomic mass is 10.0. The highest BCUT2D eigenvalue weighted by Gasteiger charge is 2.20. The van der Waals surface area contributed by atoms with Crippen LogP contribution in [-0.4, -0.2) is 27.5 Å². The highest BCUT2D eigenvalue weighted by atomic mass is 16.5. The standard InChI is InChI=1S/C24H27N3O4/c1-14-12-15(2)22(16(3)13-14)26-23(29)17(4)31-21(28)11-10-20-25-19-9-7-6-8-18(19)24(30)27(20)5/h6-9,12-13,17H,10-11H2,1-5H3,(H,26,29). The van der Waals surface area contributed by atoms with Crippen molar-refractivity contribution in [1.82, 2.24) is 9.55 Å². The summed E-state index contributed by atoms with van der Waals surface area (Å²) < 4.78 is 6.74. The third-order valence-electron chi connectivity index (χ3n) is 5.23. The van der Waals surface area contributed by atoms with Crippen molar-refractivity contribution >= 4 is 28.5 Å². The zero-order valence-corrected chi connectivity index (χ0v) is 18.5. The van der Waals surface area contributed by atoms with Crippen LogP contribution in [0.2, 0.25) is 0 Å². The molecule has 7 heteroatoms. The van der Waals surface area contributed by atoms with Gasteiger partial charge in [-0.2, -0.15) is 0 Å². The lowest BCUT2D eigenvalue weighted by Gasteiger charge is -2.17. The van der Waals surface area contributed by atoms with Crippen molar-refractivity contribution in [3.63, 3.8) is 0 Å². The second-order valence-electron chi connectivity index (χ2n) is 7.80. The summed E-state index contributed by atoms with van der Waals surface area (Å²) in [6.07, 6.45) is -0.695. The Morgan fingerprint density at radius 3 is 2.45 bits per heavy atom. The fraction of sp³-hybridized carbons (Fsp3) is 0.333. The van der Waals surface area contributed by atoms with Gasteiger partial charge in [0.2, 0.25) is 0 Å². The Morgan fingerprint density at radius 2 is 1.77 bits per heavy atom. The third-order valence-corrected chi connectivity index (χ3v) is 5.23. The summed E-state index contributed by atoms with van der Waals surface area (Å²) in [6.45, 7) is 7.38. The average molecular weight is 421 g/mol. The largest absolute Gasteiger partial charge is 0.453 e. The minimum absolute atomic E-state index is 0.0127. The normalized spacial score (nSPS) is 11.9. The molecule has 3 rings (SSSR count). The van der Waals surface area contributed by atoms with Gasteiger partial charge in [0.15, 0.2) is 6.10 Å². The summed E-state index contributed by atoms with van der Waals surface area (Å²) in [5, 5.41) is 3.38. The number of aromatic nitrogens is 2. The van der Waals surface area contributed by atoms with Crippen LogP contribution in [0.25, 0.3) is 10.9 Å². The topological polar surface area (TPSA) is 90.3 Å². The molecule has 0 saturated carbocycles. The monoisotopic (exact) mass is 421 g/mol. The van der Waals surface area contributed by atoms with Crippen molar-refractivity contribution in [2.24, 2.45) is 7.05 Å². The maximum Gasteiger partial charge on any atom is 0.307 e. The molecule has 3 aromatic rings. The fourth-order valence-electron chi connectivity index (χ4n) is 3.61. The summed E-state index contributed by atoms with van der Waals surface area (Å²) in [4.78, 5) is 41.8. The summed E-state index contributed by atoms with van der Waals surface area (Å²) in [5.41, 5.74) is 4.18. The van der Waals surface area contributed by atoms with Crippen molar-refractivity contribution in [3.05, 3.63) is 69.3 Å². The van der Waals surface area contributed by atoms with Gasteiger partial charge in [-0.15, -0.1) is 0 Å². The van der Waals surface area contributed by atoms with Crippen LogP contribution in [0.3, 0.4) is 0 Å². The van der Waals surface area contributed by atoms with Gasteiger partial charge in [-0.05, 0) is 51.0 Å². The smallest absolute Gasteiger partial charge is 0.307 e. The van der Waals surface area contributed by atoms with Crippen LogP contribution in [0.5, 0.6) is 0 Å². The molecule has 1 N–H and O–H groups in total. The molecular weight excluding hydrogens is 394 g/mol. The van der Waals surface area contributed by atoms with Gasteiger partial charge in [0.05, 0.1) is 17.3 Å². The molecule has 162 valence electrons. The van der Waals surface area contributed by atoms with Gasteiger partial charge >= 0.3 is 5.97 Å². The lowest BCUT2D eigenvalue weighted by Crippen LogP contribution is -2.31. The van der Waals surface area contributed by atoms with E-state index in [9.17, 15) is 14.4 Å². The molecule has 0 aliphatic carbocycles. The van der Waals surface area contributed by atoms with E-state index in [0.29, 0.717) is 16.7 Å². The molecule has 0 aliphatic heterocycles. The van der Waals surface area contributed by atoms with Gasteiger partial charge in [0.25, 0.3) is 11.5 Å². The first-order chi connectivity index (χ1) is 14.7.